The van der Waals surface area contributed by atoms with Crippen LogP contribution in [0.2, 0.25) is 0 Å². The molecule has 0 saturated carbocycles. The third-order valence-corrected chi connectivity index (χ3v) is 5.46. The summed E-state index contributed by atoms with van der Waals surface area (Å²) in [4.78, 5) is 31.5. The molecule has 8 nitrogen and oxygen atoms in total. The molecular formula is C20H25N5O3. The van der Waals surface area contributed by atoms with Crippen LogP contribution in [0.3, 0.4) is 0 Å². The smallest absolute Gasteiger partial charge is 0.291 e. The molecule has 2 aromatic rings. The molecule has 2 atom stereocenters. The molecule has 28 heavy (non-hydrogen) atoms. The Morgan fingerprint density at radius 2 is 2.11 bits per heavy atom. The molecule has 0 radical (unpaired) electrons. The van der Waals surface area contributed by atoms with Gasteiger partial charge in [-0.05, 0) is 30.9 Å². The number of carbonyl (C=O) groups excluding carboxylic acids is 2. The highest BCUT2D eigenvalue weighted by molar-refractivity contribution is 6.02. The molecule has 2 amide bonds. The van der Waals surface area contributed by atoms with Crippen LogP contribution in [0.4, 0.5) is 5.69 Å². The number of nitrogens with zero attached hydrogens (tertiary/aromatic N) is 4. The number of aryl methyl sites for hydroxylation is 1. The molecule has 0 spiro atoms. The summed E-state index contributed by atoms with van der Waals surface area (Å²) < 4.78 is 7.63. The molecule has 148 valence electrons. The van der Waals surface area contributed by atoms with Crippen molar-refractivity contribution in [2.45, 2.75) is 45.2 Å². The summed E-state index contributed by atoms with van der Waals surface area (Å²) in [6.07, 6.45) is 2.89. The summed E-state index contributed by atoms with van der Waals surface area (Å²) in [5.41, 5.74) is 0.680. The summed E-state index contributed by atoms with van der Waals surface area (Å²) in [7, 11) is 1.68. The van der Waals surface area contributed by atoms with E-state index >= 15 is 0 Å². The second-order valence-electron chi connectivity index (χ2n) is 7.70. The van der Waals surface area contributed by atoms with Gasteiger partial charge in [0.15, 0.2) is 0 Å². The standard InChI is InChI=1S/C20H25N5O3/c1-12(2)14-8-6-10-17-22-18(23-25(14)17)19(26)21-13-11-28-16-9-5-4-7-15(16)24(3)20(13)27/h4-5,7,9,12-14H,6,8,10-11H2,1-3H3,(H,21,26)/t13?,14-/m0/s1. The average molecular weight is 383 g/mol. The number of rotatable bonds is 3. The molecule has 4 rings (SSSR count). The maximum absolute atomic E-state index is 12.8. The van der Waals surface area contributed by atoms with Crippen LogP contribution in [-0.2, 0) is 11.2 Å². The number of carbonyl (C=O) groups is 2. The first-order valence-electron chi connectivity index (χ1n) is 9.71. The molecule has 2 aliphatic rings. The van der Waals surface area contributed by atoms with E-state index in [1.807, 2.05) is 22.9 Å². The number of hydrogen-bond donors (Lipinski definition) is 1. The normalized spacial score (nSPS) is 21.6. The van der Waals surface area contributed by atoms with Crippen molar-refractivity contribution in [1.82, 2.24) is 20.1 Å². The summed E-state index contributed by atoms with van der Waals surface area (Å²) in [6, 6.07) is 6.76. The van der Waals surface area contributed by atoms with Crippen LogP contribution in [-0.4, -0.2) is 46.3 Å². The molecule has 1 unspecified atom stereocenters. The van der Waals surface area contributed by atoms with Crippen molar-refractivity contribution >= 4 is 17.5 Å². The molecule has 1 aromatic carbocycles. The van der Waals surface area contributed by atoms with Crippen molar-refractivity contribution in [1.29, 1.82) is 0 Å². The molecule has 0 fully saturated rings. The predicted octanol–water partition coefficient (Wildman–Crippen LogP) is 1.97. The fourth-order valence-corrected chi connectivity index (χ4v) is 3.87. The number of amides is 2. The quantitative estimate of drug-likeness (QED) is 0.875. The molecule has 1 N–H and O–H groups in total. The van der Waals surface area contributed by atoms with Gasteiger partial charge in [0, 0.05) is 13.5 Å². The lowest BCUT2D eigenvalue weighted by molar-refractivity contribution is -0.120. The number of para-hydroxylation sites is 2. The van der Waals surface area contributed by atoms with Gasteiger partial charge in [0.1, 0.15) is 24.2 Å². The minimum Gasteiger partial charge on any atom is -0.489 e. The van der Waals surface area contributed by atoms with E-state index in [2.05, 4.69) is 29.2 Å². The number of aromatic nitrogens is 3. The van der Waals surface area contributed by atoms with Gasteiger partial charge in [-0.1, -0.05) is 26.0 Å². The zero-order chi connectivity index (χ0) is 19.8. The van der Waals surface area contributed by atoms with Crippen LogP contribution in [0.5, 0.6) is 5.75 Å². The lowest BCUT2D eigenvalue weighted by Crippen LogP contribution is -2.49. The fourth-order valence-electron chi connectivity index (χ4n) is 3.87. The maximum atomic E-state index is 12.8. The molecule has 0 bridgehead atoms. The minimum atomic E-state index is -0.800. The highest BCUT2D eigenvalue weighted by atomic mass is 16.5. The Labute approximate surface area is 163 Å². The molecular weight excluding hydrogens is 358 g/mol. The van der Waals surface area contributed by atoms with Gasteiger partial charge in [0.2, 0.25) is 5.82 Å². The van der Waals surface area contributed by atoms with Crippen molar-refractivity contribution in [3.8, 4) is 5.75 Å². The van der Waals surface area contributed by atoms with Gasteiger partial charge in [-0.3, -0.25) is 9.59 Å². The van der Waals surface area contributed by atoms with E-state index in [1.54, 1.807) is 13.1 Å². The Morgan fingerprint density at radius 3 is 2.89 bits per heavy atom. The van der Waals surface area contributed by atoms with Gasteiger partial charge in [0.05, 0.1) is 11.7 Å². The van der Waals surface area contributed by atoms with Crippen LogP contribution in [0.1, 0.15) is 49.2 Å². The van der Waals surface area contributed by atoms with Crippen LogP contribution in [0, 0.1) is 5.92 Å². The molecule has 1 aromatic heterocycles. The highest BCUT2D eigenvalue weighted by Crippen LogP contribution is 2.30. The van der Waals surface area contributed by atoms with E-state index in [9.17, 15) is 9.59 Å². The van der Waals surface area contributed by atoms with Gasteiger partial charge in [0.25, 0.3) is 11.8 Å². The Kier molecular flexibility index (Phi) is 4.78. The van der Waals surface area contributed by atoms with Crippen molar-refractivity contribution in [3.05, 3.63) is 35.9 Å². The third-order valence-electron chi connectivity index (χ3n) is 5.46. The van der Waals surface area contributed by atoms with Gasteiger partial charge in [-0.25, -0.2) is 9.67 Å². The Hall–Kier alpha value is -2.90. The zero-order valence-electron chi connectivity index (χ0n) is 16.4. The number of ether oxygens (including phenoxy) is 1. The summed E-state index contributed by atoms with van der Waals surface area (Å²) in [5.74, 6) is 1.29. The third kappa shape index (κ3) is 3.23. The second-order valence-corrected chi connectivity index (χ2v) is 7.70. The largest absolute Gasteiger partial charge is 0.489 e. The molecule has 8 heteroatoms. The SMILES string of the molecule is CC(C)[C@@H]1CCCc2nc(C(=O)NC3COc4ccccc4N(C)C3=O)nn21. The van der Waals surface area contributed by atoms with E-state index in [0.29, 0.717) is 17.4 Å². The maximum Gasteiger partial charge on any atom is 0.291 e. The van der Waals surface area contributed by atoms with Gasteiger partial charge < -0.3 is 15.0 Å². The molecule has 2 aliphatic heterocycles. The second kappa shape index (κ2) is 7.26. The van der Waals surface area contributed by atoms with Crippen LogP contribution >= 0.6 is 0 Å². The summed E-state index contributed by atoms with van der Waals surface area (Å²) in [6.45, 7) is 4.36. The van der Waals surface area contributed by atoms with Gasteiger partial charge >= 0.3 is 0 Å². The first-order valence-corrected chi connectivity index (χ1v) is 9.71. The number of anilines is 1. The lowest BCUT2D eigenvalue weighted by Gasteiger charge is -2.26. The topological polar surface area (TPSA) is 89.3 Å². The summed E-state index contributed by atoms with van der Waals surface area (Å²) >= 11 is 0. The number of fused-ring (bicyclic) bond motifs is 2. The minimum absolute atomic E-state index is 0.0636. The van der Waals surface area contributed by atoms with Crippen molar-refractivity contribution in [3.63, 3.8) is 0 Å². The molecule has 0 aliphatic carbocycles. The van der Waals surface area contributed by atoms with E-state index in [4.69, 9.17) is 4.74 Å². The molecule has 3 heterocycles. The van der Waals surface area contributed by atoms with Crippen molar-refractivity contribution in [2.75, 3.05) is 18.6 Å². The average Bonchev–Trinajstić information content (AvgIpc) is 3.10. The Bertz CT molecular complexity index is 907. The van der Waals surface area contributed by atoms with Crippen molar-refractivity contribution < 1.29 is 14.3 Å². The first kappa shape index (κ1) is 18.5. The fraction of sp³-hybridized carbons (Fsp3) is 0.500. The monoisotopic (exact) mass is 383 g/mol. The van der Waals surface area contributed by atoms with E-state index in [-0.39, 0.29) is 24.4 Å². The molecule has 0 saturated heterocycles. The highest BCUT2D eigenvalue weighted by Gasteiger charge is 2.32. The van der Waals surface area contributed by atoms with Crippen LogP contribution in [0.25, 0.3) is 0 Å². The first-order chi connectivity index (χ1) is 13.5. The van der Waals surface area contributed by atoms with Crippen molar-refractivity contribution in [2.24, 2.45) is 5.92 Å². The Morgan fingerprint density at radius 1 is 1.32 bits per heavy atom. The lowest BCUT2D eigenvalue weighted by atomic mass is 9.95. The number of benzene rings is 1. The predicted molar refractivity (Wildman–Crippen MR) is 103 cm³/mol. The van der Waals surface area contributed by atoms with E-state index < -0.39 is 11.9 Å². The zero-order valence-corrected chi connectivity index (χ0v) is 16.4. The number of likely N-dealkylation sites (N-methyl/N-ethyl adjacent to an activating group) is 1. The van der Waals surface area contributed by atoms with Gasteiger partial charge in [-0.2, -0.15) is 0 Å². The number of hydrogen-bond acceptors (Lipinski definition) is 5. The summed E-state index contributed by atoms with van der Waals surface area (Å²) in [5, 5.41) is 7.20. The van der Waals surface area contributed by atoms with E-state index in [1.165, 1.54) is 4.90 Å². The Balaban J connectivity index is 1.52. The van der Waals surface area contributed by atoms with Crippen LogP contribution < -0.4 is 15.0 Å². The van der Waals surface area contributed by atoms with Crippen LogP contribution in [0.15, 0.2) is 24.3 Å². The van der Waals surface area contributed by atoms with E-state index in [0.717, 1.165) is 25.1 Å². The van der Waals surface area contributed by atoms with Gasteiger partial charge in [-0.15, -0.1) is 5.10 Å². The number of nitrogens with one attached hydrogen (secondary N) is 1.